The van der Waals surface area contributed by atoms with Crippen molar-refractivity contribution in [3.05, 3.63) is 60.4 Å². The first kappa shape index (κ1) is 18.8. The Balaban J connectivity index is 1.68. The summed E-state index contributed by atoms with van der Waals surface area (Å²) in [5.41, 5.74) is 4.76. The maximum absolute atomic E-state index is 10.0. The van der Waals surface area contributed by atoms with E-state index in [9.17, 15) is 5.11 Å². The second-order valence-corrected chi connectivity index (χ2v) is 7.12. The number of methoxy groups -OCH3 is 1. The van der Waals surface area contributed by atoms with Gasteiger partial charge in [0.15, 0.2) is 11.5 Å². The number of phenolic OH excluding ortho intramolecular Hbond substituents is 1. The molecule has 4 aromatic rings. The number of nitrogens with zero attached hydrogens (tertiary/aromatic N) is 3. The summed E-state index contributed by atoms with van der Waals surface area (Å²) in [5, 5.41) is 14.1. The highest BCUT2D eigenvalue weighted by molar-refractivity contribution is 5.93. The monoisotopic (exact) mass is 389 g/mol. The van der Waals surface area contributed by atoms with Crippen molar-refractivity contribution in [2.24, 2.45) is 0 Å². The van der Waals surface area contributed by atoms with Crippen LogP contribution < -0.4 is 10.1 Å². The number of hydrogen-bond donors (Lipinski definition) is 3. The number of fused-ring (bicyclic) bond motifs is 1. The van der Waals surface area contributed by atoms with Gasteiger partial charge in [-0.15, -0.1) is 0 Å². The Bertz CT molecular complexity index is 1150. The molecule has 0 aliphatic heterocycles. The van der Waals surface area contributed by atoms with E-state index in [1.54, 1.807) is 12.1 Å². The van der Waals surface area contributed by atoms with Crippen LogP contribution in [0.3, 0.4) is 0 Å². The number of phenols is 1. The molecule has 148 valence electrons. The molecule has 0 saturated carbocycles. The third-order valence-corrected chi connectivity index (χ3v) is 4.60. The average Bonchev–Trinajstić information content (AvgIpc) is 3.13. The van der Waals surface area contributed by atoms with Crippen molar-refractivity contribution >= 4 is 22.5 Å². The number of aromatic amines is 1. The number of benzene rings is 2. The molecule has 0 saturated heterocycles. The van der Waals surface area contributed by atoms with Crippen LogP contribution in [0.25, 0.3) is 22.3 Å². The molecule has 0 fully saturated rings. The van der Waals surface area contributed by atoms with Crippen molar-refractivity contribution in [1.29, 1.82) is 0 Å². The summed E-state index contributed by atoms with van der Waals surface area (Å²) in [4.78, 5) is 14.3. The van der Waals surface area contributed by atoms with Gasteiger partial charge >= 0.3 is 0 Å². The molecule has 0 radical (unpaired) electrons. The Hall–Kier alpha value is -3.58. The number of nitrogens with one attached hydrogen (secondary N) is 2. The molecular weight excluding hydrogens is 366 g/mol. The van der Waals surface area contributed by atoms with Crippen molar-refractivity contribution in [2.45, 2.75) is 6.54 Å². The van der Waals surface area contributed by atoms with Crippen LogP contribution in [-0.4, -0.2) is 46.2 Å². The highest BCUT2D eigenvalue weighted by Crippen LogP contribution is 2.32. The number of anilines is 2. The second-order valence-electron chi connectivity index (χ2n) is 7.12. The van der Waals surface area contributed by atoms with Crippen LogP contribution in [-0.2, 0) is 6.54 Å². The summed E-state index contributed by atoms with van der Waals surface area (Å²) >= 11 is 0. The van der Waals surface area contributed by atoms with E-state index in [2.05, 4.69) is 63.5 Å². The summed E-state index contributed by atoms with van der Waals surface area (Å²) in [5.74, 6) is 1.15. The number of aromatic nitrogens is 3. The zero-order chi connectivity index (χ0) is 20.4. The van der Waals surface area contributed by atoms with Crippen LogP contribution in [0.15, 0.2) is 54.9 Å². The first-order chi connectivity index (χ1) is 14.0. The van der Waals surface area contributed by atoms with Gasteiger partial charge < -0.3 is 25.0 Å². The lowest BCUT2D eigenvalue weighted by molar-refractivity contribution is 0.373. The molecule has 2 aromatic carbocycles. The summed E-state index contributed by atoms with van der Waals surface area (Å²) < 4.78 is 5.09. The first-order valence-electron chi connectivity index (χ1n) is 9.25. The maximum atomic E-state index is 10.0. The van der Waals surface area contributed by atoms with E-state index < -0.39 is 0 Å². The summed E-state index contributed by atoms with van der Waals surface area (Å²) in [6.45, 7) is 0.877. The van der Waals surface area contributed by atoms with E-state index in [1.807, 2.05) is 12.1 Å². The molecule has 29 heavy (non-hydrogen) atoms. The van der Waals surface area contributed by atoms with Gasteiger partial charge in [0, 0.05) is 24.0 Å². The topological polar surface area (TPSA) is 86.3 Å². The summed E-state index contributed by atoms with van der Waals surface area (Å²) in [6.07, 6.45) is 1.51. The molecule has 2 heterocycles. The van der Waals surface area contributed by atoms with Gasteiger partial charge in [0.2, 0.25) is 0 Å². The molecule has 0 spiro atoms. The highest BCUT2D eigenvalue weighted by atomic mass is 16.5. The molecule has 0 atom stereocenters. The number of aromatic hydroxyl groups is 1. The minimum atomic E-state index is 0.0651. The molecule has 0 aliphatic rings. The summed E-state index contributed by atoms with van der Waals surface area (Å²) in [6, 6.07) is 15.6. The van der Waals surface area contributed by atoms with Gasteiger partial charge in [0.05, 0.1) is 12.5 Å². The summed E-state index contributed by atoms with van der Waals surface area (Å²) in [7, 11) is 5.63. The fourth-order valence-corrected chi connectivity index (χ4v) is 3.30. The Morgan fingerprint density at radius 3 is 2.72 bits per heavy atom. The lowest BCUT2D eigenvalue weighted by Crippen LogP contribution is -2.10. The lowest BCUT2D eigenvalue weighted by atomic mass is 10.1. The fraction of sp³-hybridized carbons (Fsp3) is 0.182. The number of ether oxygens (including phenoxy) is 1. The Morgan fingerprint density at radius 2 is 1.97 bits per heavy atom. The van der Waals surface area contributed by atoms with E-state index in [0.717, 1.165) is 28.8 Å². The zero-order valence-electron chi connectivity index (χ0n) is 16.6. The van der Waals surface area contributed by atoms with Gasteiger partial charge in [0.1, 0.15) is 17.8 Å². The van der Waals surface area contributed by atoms with E-state index >= 15 is 0 Å². The van der Waals surface area contributed by atoms with Crippen LogP contribution in [0.4, 0.5) is 11.5 Å². The third-order valence-electron chi connectivity index (χ3n) is 4.60. The molecule has 0 aliphatic carbocycles. The molecule has 7 nitrogen and oxygen atoms in total. The Kier molecular flexibility index (Phi) is 5.05. The largest absolute Gasteiger partial charge is 0.504 e. The first-order valence-corrected chi connectivity index (χ1v) is 9.25. The number of hydrogen-bond acceptors (Lipinski definition) is 6. The van der Waals surface area contributed by atoms with Crippen LogP contribution in [0.2, 0.25) is 0 Å². The minimum Gasteiger partial charge on any atom is -0.504 e. The average molecular weight is 389 g/mol. The van der Waals surface area contributed by atoms with Gasteiger partial charge in [-0.05, 0) is 49.5 Å². The molecule has 4 rings (SSSR count). The van der Waals surface area contributed by atoms with Crippen LogP contribution in [0, 0.1) is 0 Å². The maximum Gasteiger partial charge on any atom is 0.160 e. The molecule has 0 bridgehead atoms. The zero-order valence-corrected chi connectivity index (χ0v) is 16.6. The van der Waals surface area contributed by atoms with Crippen LogP contribution >= 0.6 is 0 Å². The van der Waals surface area contributed by atoms with E-state index in [0.29, 0.717) is 17.3 Å². The van der Waals surface area contributed by atoms with Crippen LogP contribution in [0.1, 0.15) is 5.56 Å². The van der Waals surface area contributed by atoms with E-state index in [1.165, 1.54) is 19.0 Å². The van der Waals surface area contributed by atoms with Crippen molar-refractivity contribution < 1.29 is 9.84 Å². The van der Waals surface area contributed by atoms with Gasteiger partial charge in [-0.25, -0.2) is 9.97 Å². The molecule has 0 unspecified atom stereocenters. The van der Waals surface area contributed by atoms with Crippen LogP contribution in [0.5, 0.6) is 11.5 Å². The SMILES string of the molecule is COc1ccc(Nc2ncnc3[nH]c(-c4cccc(CN(C)C)c4)cc23)cc1O. The predicted molar refractivity (Wildman–Crippen MR) is 115 cm³/mol. The quantitative estimate of drug-likeness (QED) is 0.459. The van der Waals surface area contributed by atoms with Gasteiger partial charge in [-0.3, -0.25) is 0 Å². The molecule has 7 heteroatoms. The van der Waals surface area contributed by atoms with Crippen molar-refractivity contribution in [1.82, 2.24) is 19.9 Å². The predicted octanol–water partition coefficient (Wildman–Crippen LogP) is 4.14. The molecule has 2 aromatic heterocycles. The smallest absolute Gasteiger partial charge is 0.160 e. The van der Waals surface area contributed by atoms with Gasteiger partial charge in [-0.1, -0.05) is 18.2 Å². The number of H-pyrrole nitrogens is 1. The van der Waals surface area contributed by atoms with E-state index in [4.69, 9.17) is 4.74 Å². The van der Waals surface area contributed by atoms with Gasteiger partial charge in [0.25, 0.3) is 0 Å². The fourth-order valence-electron chi connectivity index (χ4n) is 3.30. The van der Waals surface area contributed by atoms with Crippen molar-refractivity contribution in [3.8, 4) is 22.8 Å². The lowest BCUT2D eigenvalue weighted by Gasteiger charge is -2.10. The number of rotatable bonds is 6. The van der Waals surface area contributed by atoms with Crippen molar-refractivity contribution in [2.75, 3.05) is 26.5 Å². The Labute approximate surface area is 169 Å². The molecular formula is C22H23N5O2. The highest BCUT2D eigenvalue weighted by Gasteiger charge is 2.11. The molecule has 3 N–H and O–H groups in total. The van der Waals surface area contributed by atoms with Crippen molar-refractivity contribution in [3.63, 3.8) is 0 Å². The minimum absolute atomic E-state index is 0.0651. The standard InChI is InChI=1S/C22H23N5O2/c1-27(2)12-14-5-4-6-15(9-14)18-11-17-21(23-13-24-22(17)26-18)25-16-7-8-20(29-3)19(28)10-16/h4-11,13,28H,12H2,1-3H3,(H2,23,24,25,26). The Morgan fingerprint density at radius 1 is 1.10 bits per heavy atom. The van der Waals surface area contributed by atoms with Gasteiger partial charge in [-0.2, -0.15) is 0 Å². The molecule has 0 amide bonds. The third kappa shape index (κ3) is 4.00. The second kappa shape index (κ2) is 7.81. The van der Waals surface area contributed by atoms with E-state index in [-0.39, 0.29) is 5.75 Å². The normalized spacial score (nSPS) is 11.2.